The van der Waals surface area contributed by atoms with Crippen LogP contribution in [-0.2, 0) is 9.53 Å². The number of halogens is 1. The van der Waals surface area contributed by atoms with E-state index in [1.54, 1.807) is 0 Å². The molecule has 1 atom stereocenters. The Balaban J connectivity index is 3.55. The van der Waals surface area contributed by atoms with Gasteiger partial charge in [0.2, 0.25) is 0 Å². The second kappa shape index (κ2) is 10.7. The first-order valence-corrected chi connectivity index (χ1v) is 8.98. The fraction of sp³-hybridized carbons (Fsp3) is 0.917. The standard InChI is InChI=1S/C12H24IO2/c1-4-7-8-11(5-2)10-15-12(14)9-13-6-3/h11H,4-10H2,1-3H3/q-1. The molecule has 3 heteroatoms. The third-order valence-corrected chi connectivity index (χ3v) is 4.66. The van der Waals surface area contributed by atoms with Gasteiger partial charge in [-0.3, -0.25) is 0 Å². The molecule has 0 aliphatic rings. The number of alkyl halides is 2. The number of hydrogen-bond acceptors (Lipinski definition) is 2. The molecule has 1 unspecified atom stereocenters. The third-order valence-electron chi connectivity index (χ3n) is 2.42. The zero-order valence-corrected chi connectivity index (χ0v) is 12.4. The monoisotopic (exact) mass is 327 g/mol. The second-order valence-corrected chi connectivity index (χ2v) is 7.06. The van der Waals surface area contributed by atoms with E-state index in [0.717, 1.165) is 6.42 Å². The minimum atomic E-state index is 0.0274. The van der Waals surface area contributed by atoms with Crippen LogP contribution in [0.4, 0.5) is 0 Å². The molecule has 2 nitrogen and oxygen atoms in total. The number of esters is 1. The molecule has 0 N–H and O–H groups in total. The quantitative estimate of drug-likeness (QED) is 0.335. The summed E-state index contributed by atoms with van der Waals surface area (Å²) >= 11 is 0.0649. The Hall–Kier alpha value is 0.200. The molecule has 0 saturated heterocycles. The molecule has 0 aromatic heterocycles. The molecule has 0 fully saturated rings. The zero-order valence-electron chi connectivity index (χ0n) is 10.2. The second-order valence-electron chi connectivity index (χ2n) is 3.69. The molecule has 15 heavy (non-hydrogen) atoms. The number of rotatable bonds is 9. The summed E-state index contributed by atoms with van der Waals surface area (Å²) in [4.78, 5) is 11.3. The van der Waals surface area contributed by atoms with Crippen molar-refractivity contribution in [2.24, 2.45) is 5.92 Å². The van der Waals surface area contributed by atoms with Crippen molar-refractivity contribution in [1.82, 2.24) is 0 Å². The summed E-state index contributed by atoms with van der Waals surface area (Å²) in [5.41, 5.74) is 0. The van der Waals surface area contributed by atoms with Crippen molar-refractivity contribution in [3.63, 3.8) is 0 Å². The van der Waals surface area contributed by atoms with Crippen molar-refractivity contribution >= 4 is 5.97 Å². The number of carbonyl (C=O) groups is 1. The minimum absolute atomic E-state index is 0.0274. The SMILES string of the molecule is CCCCC(CC)COC(=O)C[I-]CC. The normalized spacial score (nSPS) is 12.7. The van der Waals surface area contributed by atoms with Gasteiger partial charge in [-0.25, -0.2) is 0 Å². The van der Waals surface area contributed by atoms with E-state index in [4.69, 9.17) is 4.74 Å². The van der Waals surface area contributed by atoms with E-state index in [1.807, 2.05) is 0 Å². The number of hydrogen-bond donors (Lipinski definition) is 0. The van der Waals surface area contributed by atoms with Crippen LogP contribution in [0.25, 0.3) is 0 Å². The van der Waals surface area contributed by atoms with Gasteiger partial charge in [-0.15, -0.1) is 0 Å². The van der Waals surface area contributed by atoms with Gasteiger partial charge in [0.25, 0.3) is 0 Å². The summed E-state index contributed by atoms with van der Waals surface area (Å²) in [5.74, 6) is 0.605. The van der Waals surface area contributed by atoms with Gasteiger partial charge in [-0.05, 0) is 0 Å². The summed E-state index contributed by atoms with van der Waals surface area (Å²) in [5, 5.41) is 0. The predicted octanol–water partition coefficient (Wildman–Crippen LogP) is -0.145. The van der Waals surface area contributed by atoms with Gasteiger partial charge in [-0.2, -0.15) is 0 Å². The van der Waals surface area contributed by atoms with Crippen LogP contribution >= 0.6 is 0 Å². The fourth-order valence-corrected chi connectivity index (χ4v) is 2.52. The summed E-state index contributed by atoms with van der Waals surface area (Å²) in [6, 6.07) is 0. The van der Waals surface area contributed by atoms with Gasteiger partial charge in [0.15, 0.2) is 0 Å². The number of carbonyl (C=O) groups excluding carboxylic acids is 1. The van der Waals surface area contributed by atoms with E-state index in [9.17, 15) is 4.79 Å². The zero-order chi connectivity index (χ0) is 11.5. The molecule has 0 saturated carbocycles. The molecular formula is C12H24IO2-. The summed E-state index contributed by atoms with van der Waals surface area (Å²) in [6.07, 6.45) is 4.79. The van der Waals surface area contributed by atoms with Crippen LogP contribution in [0.5, 0.6) is 0 Å². The first-order valence-electron chi connectivity index (χ1n) is 5.93. The molecule has 0 spiro atoms. The van der Waals surface area contributed by atoms with E-state index >= 15 is 0 Å². The average Bonchev–Trinajstić information content (AvgIpc) is 2.26. The number of unbranched alkanes of at least 4 members (excludes halogenated alkanes) is 1. The Bertz CT molecular complexity index is 160. The Morgan fingerprint density at radius 2 is 2.07 bits per heavy atom. The van der Waals surface area contributed by atoms with E-state index in [0.29, 0.717) is 17.0 Å². The third kappa shape index (κ3) is 9.15. The first-order chi connectivity index (χ1) is 7.24. The van der Waals surface area contributed by atoms with Gasteiger partial charge in [0.05, 0.1) is 0 Å². The van der Waals surface area contributed by atoms with Gasteiger partial charge in [-0.1, -0.05) is 0 Å². The van der Waals surface area contributed by atoms with E-state index in [2.05, 4.69) is 20.8 Å². The first kappa shape index (κ1) is 15.2. The van der Waals surface area contributed by atoms with Crippen molar-refractivity contribution in [3.8, 4) is 0 Å². The molecule has 0 aliphatic carbocycles. The molecule has 0 aromatic carbocycles. The summed E-state index contributed by atoms with van der Waals surface area (Å²) in [7, 11) is 0. The van der Waals surface area contributed by atoms with Crippen molar-refractivity contribution in [3.05, 3.63) is 0 Å². The van der Waals surface area contributed by atoms with Gasteiger partial charge in [0, 0.05) is 0 Å². The molecule has 0 aromatic rings. The average molecular weight is 327 g/mol. The Morgan fingerprint density at radius 1 is 1.33 bits per heavy atom. The molecule has 0 radical (unpaired) electrons. The summed E-state index contributed by atoms with van der Waals surface area (Å²) in [6.45, 7) is 7.15. The van der Waals surface area contributed by atoms with Gasteiger partial charge < -0.3 is 0 Å². The molecule has 0 aliphatic heterocycles. The van der Waals surface area contributed by atoms with Crippen LogP contribution in [-0.4, -0.2) is 21.4 Å². The van der Waals surface area contributed by atoms with Crippen LogP contribution in [0.2, 0.25) is 0 Å². The molecule has 0 rings (SSSR count). The fourth-order valence-electron chi connectivity index (χ4n) is 1.32. The van der Waals surface area contributed by atoms with Crippen LogP contribution < -0.4 is 21.2 Å². The van der Waals surface area contributed by atoms with E-state index in [1.165, 1.54) is 23.7 Å². The van der Waals surface area contributed by atoms with Crippen LogP contribution in [0.15, 0.2) is 0 Å². The van der Waals surface area contributed by atoms with E-state index < -0.39 is 0 Å². The van der Waals surface area contributed by atoms with Crippen LogP contribution in [0, 0.1) is 5.92 Å². The predicted molar refractivity (Wildman–Crippen MR) is 59.7 cm³/mol. The summed E-state index contributed by atoms with van der Waals surface area (Å²) < 4.78 is 7.14. The van der Waals surface area contributed by atoms with Crippen LogP contribution in [0.3, 0.4) is 0 Å². The van der Waals surface area contributed by atoms with Crippen molar-refractivity contribution in [1.29, 1.82) is 0 Å². The number of ether oxygens (including phenoxy) is 1. The Morgan fingerprint density at radius 3 is 2.60 bits per heavy atom. The van der Waals surface area contributed by atoms with Crippen molar-refractivity contribution < 1.29 is 30.7 Å². The van der Waals surface area contributed by atoms with Crippen molar-refractivity contribution in [2.75, 3.05) is 15.5 Å². The van der Waals surface area contributed by atoms with Crippen molar-refractivity contribution in [2.45, 2.75) is 46.5 Å². The molecule has 0 amide bonds. The maximum atomic E-state index is 11.3. The molecular weight excluding hydrogens is 303 g/mol. The van der Waals surface area contributed by atoms with Gasteiger partial charge >= 0.3 is 105 Å². The maximum absolute atomic E-state index is 11.3. The molecule has 0 heterocycles. The topological polar surface area (TPSA) is 26.3 Å². The molecule has 92 valence electrons. The van der Waals surface area contributed by atoms with E-state index in [-0.39, 0.29) is 27.2 Å². The van der Waals surface area contributed by atoms with Crippen LogP contribution in [0.1, 0.15) is 46.5 Å². The molecule has 0 bridgehead atoms. The van der Waals surface area contributed by atoms with Gasteiger partial charge in [0.1, 0.15) is 0 Å². The Labute approximate surface area is 104 Å². The Kier molecular flexibility index (Phi) is 10.9.